The number of rotatable bonds is 10. The van der Waals surface area contributed by atoms with Crippen LogP contribution in [0, 0.1) is 0 Å². The molecule has 0 saturated carbocycles. The highest BCUT2D eigenvalue weighted by atomic mass is 32.2. The van der Waals surface area contributed by atoms with Crippen LogP contribution in [0.1, 0.15) is 30.4 Å². The van der Waals surface area contributed by atoms with Gasteiger partial charge in [0.1, 0.15) is 6.61 Å². The van der Waals surface area contributed by atoms with Gasteiger partial charge in [0.05, 0.1) is 24.7 Å². The lowest BCUT2D eigenvalue weighted by Gasteiger charge is -2.34. The van der Waals surface area contributed by atoms with Gasteiger partial charge in [-0.1, -0.05) is 67.1 Å². The van der Waals surface area contributed by atoms with E-state index in [9.17, 15) is 13.2 Å². The summed E-state index contributed by atoms with van der Waals surface area (Å²) < 4.78 is 40.1. The molecule has 5 rings (SSSR count). The molecule has 208 valence electrons. The standard InChI is InChI=1S/C30H37N3O5S/c34-30(31-20-24-11-13-25(14-12-24)21-32-16-18-37-19-17-32)23-38-22-27-8-3-4-15-33(27)39(35,36)29-10-5-7-26-6-1-2-9-28(26)29/h1-2,5-7,9-14,27H,3-4,8,15-23H2,(H,31,34). The van der Waals surface area contributed by atoms with E-state index in [1.54, 1.807) is 16.4 Å². The third-order valence-electron chi connectivity index (χ3n) is 7.48. The van der Waals surface area contributed by atoms with Gasteiger partial charge in [0.15, 0.2) is 0 Å². The predicted molar refractivity (Wildman–Crippen MR) is 151 cm³/mol. The van der Waals surface area contributed by atoms with Crippen molar-refractivity contribution in [2.75, 3.05) is 46.1 Å². The number of ether oxygens (including phenoxy) is 2. The molecule has 2 aliphatic heterocycles. The third-order valence-corrected chi connectivity index (χ3v) is 9.49. The number of carbonyl (C=O) groups excluding carboxylic acids is 1. The molecule has 39 heavy (non-hydrogen) atoms. The number of morpholine rings is 1. The largest absolute Gasteiger partial charge is 0.379 e. The summed E-state index contributed by atoms with van der Waals surface area (Å²) in [4.78, 5) is 15.1. The Morgan fingerprint density at radius 1 is 0.923 bits per heavy atom. The minimum absolute atomic E-state index is 0.103. The zero-order chi connectivity index (χ0) is 27.1. The Hall–Kier alpha value is -2.82. The predicted octanol–water partition coefficient (Wildman–Crippen LogP) is 3.55. The number of benzene rings is 3. The van der Waals surface area contributed by atoms with Crippen LogP contribution in [0.15, 0.2) is 71.6 Å². The highest BCUT2D eigenvalue weighted by Crippen LogP contribution is 2.30. The van der Waals surface area contributed by atoms with Gasteiger partial charge in [-0.15, -0.1) is 0 Å². The van der Waals surface area contributed by atoms with Crippen molar-refractivity contribution >= 4 is 26.7 Å². The lowest BCUT2D eigenvalue weighted by molar-refractivity contribution is -0.126. The summed E-state index contributed by atoms with van der Waals surface area (Å²) in [6.45, 7) is 5.32. The van der Waals surface area contributed by atoms with Crippen LogP contribution < -0.4 is 5.32 Å². The van der Waals surface area contributed by atoms with E-state index in [2.05, 4.69) is 22.3 Å². The Morgan fingerprint density at radius 2 is 1.67 bits per heavy atom. The normalized spacial score (nSPS) is 19.2. The second kappa shape index (κ2) is 13.0. The van der Waals surface area contributed by atoms with Crippen LogP contribution in [0.4, 0.5) is 0 Å². The molecule has 0 aliphatic carbocycles. The number of amides is 1. The molecule has 2 aliphatic rings. The first-order valence-electron chi connectivity index (χ1n) is 13.7. The van der Waals surface area contributed by atoms with Gasteiger partial charge in [0.25, 0.3) is 0 Å². The molecule has 8 nitrogen and oxygen atoms in total. The van der Waals surface area contributed by atoms with Gasteiger partial charge >= 0.3 is 0 Å². The molecule has 1 N–H and O–H groups in total. The molecule has 0 spiro atoms. The van der Waals surface area contributed by atoms with Gasteiger partial charge in [0.2, 0.25) is 15.9 Å². The Labute approximate surface area is 230 Å². The third kappa shape index (κ3) is 7.04. The topological polar surface area (TPSA) is 88.2 Å². The molecule has 2 saturated heterocycles. The van der Waals surface area contributed by atoms with Crippen LogP contribution >= 0.6 is 0 Å². The van der Waals surface area contributed by atoms with Gasteiger partial charge in [-0.05, 0) is 35.4 Å². The summed E-state index contributed by atoms with van der Waals surface area (Å²) in [5.41, 5.74) is 2.26. The second-order valence-electron chi connectivity index (χ2n) is 10.2. The molecule has 0 radical (unpaired) electrons. The highest BCUT2D eigenvalue weighted by molar-refractivity contribution is 7.89. The number of fused-ring (bicyclic) bond motifs is 1. The summed E-state index contributed by atoms with van der Waals surface area (Å²) >= 11 is 0. The molecule has 2 fully saturated rings. The van der Waals surface area contributed by atoms with Crippen LogP contribution in [-0.4, -0.2) is 75.6 Å². The summed E-state index contributed by atoms with van der Waals surface area (Å²) in [5, 5.41) is 4.52. The van der Waals surface area contributed by atoms with Crippen LogP contribution in [0.5, 0.6) is 0 Å². The summed E-state index contributed by atoms with van der Waals surface area (Å²) in [7, 11) is -3.70. The summed E-state index contributed by atoms with van der Waals surface area (Å²) in [5.74, 6) is -0.216. The minimum Gasteiger partial charge on any atom is -0.379 e. The van der Waals surface area contributed by atoms with E-state index in [-0.39, 0.29) is 25.2 Å². The Balaban J connectivity index is 1.11. The van der Waals surface area contributed by atoms with Crippen molar-refractivity contribution in [3.63, 3.8) is 0 Å². The van der Waals surface area contributed by atoms with Crippen LogP contribution in [0.25, 0.3) is 10.8 Å². The van der Waals surface area contributed by atoms with E-state index in [1.807, 2.05) is 42.5 Å². The van der Waals surface area contributed by atoms with Crippen molar-refractivity contribution in [2.45, 2.75) is 43.3 Å². The molecule has 1 atom stereocenters. The molecular weight excluding hydrogens is 514 g/mol. The fourth-order valence-corrected chi connectivity index (χ4v) is 7.22. The highest BCUT2D eigenvalue weighted by Gasteiger charge is 2.34. The number of nitrogens with zero attached hydrogens (tertiary/aromatic N) is 2. The van der Waals surface area contributed by atoms with E-state index in [0.717, 1.165) is 62.0 Å². The monoisotopic (exact) mass is 551 g/mol. The molecule has 9 heteroatoms. The number of nitrogens with one attached hydrogen (secondary N) is 1. The number of hydrogen-bond donors (Lipinski definition) is 1. The Kier molecular flexibility index (Phi) is 9.26. The van der Waals surface area contributed by atoms with Gasteiger partial charge in [-0.25, -0.2) is 8.42 Å². The van der Waals surface area contributed by atoms with Crippen molar-refractivity contribution < 1.29 is 22.7 Å². The Morgan fingerprint density at radius 3 is 2.49 bits per heavy atom. The molecule has 3 aromatic rings. The first-order valence-corrected chi connectivity index (χ1v) is 15.2. The summed E-state index contributed by atoms with van der Waals surface area (Å²) in [6.07, 6.45) is 2.46. The van der Waals surface area contributed by atoms with Gasteiger partial charge in [-0.3, -0.25) is 9.69 Å². The first-order chi connectivity index (χ1) is 19.0. The lowest BCUT2D eigenvalue weighted by Crippen LogP contribution is -2.46. The van der Waals surface area contributed by atoms with Crippen molar-refractivity contribution in [3.05, 3.63) is 77.9 Å². The molecule has 1 unspecified atom stereocenters. The smallest absolute Gasteiger partial charge is 0.246 e. The average Bonchev–Trinajstić information content (AvgIpc) is 2.97. The molecule has 0 aromatic heterocycles. The average molecular weight is 552 g/mol. The number of carbonyl (C=O) groups is 1. The molecular formula is C30H37N3O5S. The van der Waals surface area contributed by atoms with Crippen molar-refractivity contribution in [1.29, 1.82) is 0 Å². The van der Waals surface area contributed by atoms with E-state index in [0.29, 0.717) is 24.4 Å². The maximum absolute atomic E-state index is 13.7. The van der Waals surface area contributed by atoms with E-state index < -0.39 is 10.0 Å². The van der Waals surface area contributed by atoms with Gasteiger partial charge in [0, 0.05) is 44.2 Å². The number of piperidine rings is 1. The molecule has 3 aromatic carbocycles. The fourth-order valence-electron chi connectivity index (χ4n) is 5.32. The molecule has 0 bridgehead atoms. The van der Waals surface area contributed by atoms with Crippen molar-refractivity contribution in [1.82, 2.24) is 14.5 Å². The van der Waals surface area contributed by atoms with Gasteiger partial charge < -0.3 is 14.8 Å². The Bertz CT molecular complexity index is 1350. The lowest BCUT2D eigenvalue weighted by atomic mass is 10.1. The van der Waals surface area contributed by atoms with Crippen LogP contribution in [0.3, 0.4) is 0 Å². The van der Waals surface area contributed by atoms with Crippen molar-refractivity contribution in [3.8, 4) is 0 Å². The van der Waals surface area contributed by atoms with Crippen molar-refractivity contribution in [2.24, 2.45) is 0 Å². The minimum atomic E-state index is -3.70. The zero-order valence-corrected chi connectivity index (χ0v) is 23.1. The molecule has 2 heterocycles. The van der Waals surface area contributed by atoms with Gasteiger partial charge in [-0.2, -0.15) is 4.31 Å². The van der Waals surface area contributed by atoms with E-state index in [4.69, 9.17) is 9.47 Å². The molecule has 1 amide bonds. The van der Waals surface area contributed by atoms with Crippen LogP contribution in [-0.2, 0) is 37.4 Å². The summed E-state index contributed by atoms with van der Waals surface area (Å²) in [6, 6.07) is 20.9. The maximum atomic E-state index is 13.7. The van der Waals surface area contributed by atoms with E-state index in [1.165, 1.54) is 5.56 Å². The number of sulfonamides is 1. The first kappa shape index (κ1) is 27.7. The maximum Gasteiger partial charge on any atom is 0.246 e. The SMILES string of the molecule is O=C(COCC1CCCCN1S(=O)(=O)c1cccc2ccccc12)NCc1ccc(CN2CCOCC2)cc1. The zero-order valence-electron chi connectivity index (χ0n) is 22.3. The van der Waals surface area contributed by atoms with E-state index >= 15 is 0 Å². The fraction of sp³-hybridized carbons (Fsp3) is 0.433. The second-order valence-corrected chi connectivity index (χ2v) is 12.1. The quantitative estimate of drug-likeness (QED) is 0.415. The van der Waals surface area contributed by atoms with Crippen LogP contribution in [0.2, 0.25) is 0 Å². The number of hydrogen-bond acceptors (Lipinski definition) is 6.